The molecular formula is C9H10N2O. The summed E-state index contributed by atoms with van der Waals surface area (Å²) < 4.78 is 5.39. The van der Waals surface area contributed by atoms with E-state index in [0.29, 0.717) is 5.89 Å². The lowest BCUT2D eigenvalue weighted by molar-refractivity contribution is 0.493. The first kappa shape index (κ1) is 7.31. The Bertz CT molecular complexity index is 359. The van der Waals surface area contributed by atoms with Crippen LogP contribution in [-0.2, 0) is 0 Å². The minimum Gasteiger partial charge on any atom is -0.439 e. The summed E-state index contributed by atoms with van der Waals surface area (Å²) in [4.78, 5) is 4.22. The van der Waals surface area contributed by atoms with Gasteiger partial charge in [-0.1, -0.05) is 12.1 Å². The van der Waals surface area contributed by atoms with Crippen molar-refractivity contribution < 1.29 is 4.42 Å². The molecule has 0 fully saturated rings. The Morgan fingerprint density at radius 1 is 1.42 bits per heavy atom. The molecule has 0 saturated heterocycles. The van der Waals surface area contributed by atoms with Crippen molar-refractivity contribution in [2.45, 2.75) is 13.0 Å². The van der Waals surface area contributed by atoms with Crippen molar-refractivity contribution in [3.8, 4) is 0 Å². The number of nitrogens with zero attached hydrogens (tertiary/aromatic N) is 1. The highest BCUT2D eigenvalue weighted by molar-refractivity contribution is 5.72. The summed E-state index contributed by atoms with van der Waals surface area (Å²) in [6.07, 6.45) is 0. The number of para-hydroxylation sites is 2. The number of rotatable bonds is 1. The van der Waals surface area contributed by atoms with E-state index < -0.39 is 0 Å². The molecule has 3 nitrogen and oxygen atoms in total. The molecule has 2 N–H and O–H groups in total. The molecule has 0 aliphatic heterocycles. The van der Waals surface area contributed by atoms with Crippen molar-refractivity contribution in [1.29, 1.82) is 0 Å². The van der Waals surface area contributed by atoms with Crippen LogP contribution in [0.3, 0.4) is 0 Å². The third-order valence-electron chi connectivity index (χ3n) is 1.70. The van der Waals surface area contributed by atoms with Gasteiger partial charge in [0.25, 0.3) is 0 Å². The van der Waals surface area contributed by atoms with Crippen LogP contribution in [0, 0.1) is 0 Å². The van der Waals surface area contributed by atoms with Gasteiger partial charge >= 0.3 is 0 Å². The molecule has 1 heterocycles. The fourth-order valence-corrected chi connectivity index (χ4v) is 1.08. The molecule has 0 aliphatic rings. The summed E-state index contributed by atoms with van der Waals surface area (Å²) in [5.74, 6) is 0.594. The van der Waals surface area contributed by atoms with Gasteiger partial charge < -0.3 is 10.2 Å². The van der Waals surface area contributed by atoms with Crippen LogP contribution < -0.4 is 5.73 Å². The average Bonchev–Trinajstić information content (AvgIpc) is 2.46. The standard InChI is InChI=1S/C9H10N2O/c1-6(10)9-11-7-4-2-3-5-8(7)12-9/h2-6H,10H2,1H3/t6-/m0/s1. The lowest BCUT2D eigenvalue weighted by Crippen LogP contribution is -2.04. The second-order valence-corrected chi connectivity index (χ2v) is 2.81. The molecule has 0 amide bonds. The molecule has 0 bridgehead atoms. The van der Waals surface area contributed by atoms with Gasteiger partial charge in [0.15, 0.2) is 5.58 Å². The van der Waals surface area contributed by atoms with E-state index in [-0.39, 0.29) is 6.04 Å². The molecule has 3 heteroatoms. The van der Waals surface area contributed by atoms with E-state index in [4.69, 9.17) is 10.2 Å². The minimum absolute atomic E-state index is 0.141. The first-order valence-corrected chi connectivity index (χ1v) is 3.88. The number of hydrogen-bond acceptors (Lipinski definition) is 3. The lowest BCUT2D eigenvalue weighted by Gasteiger charge is -1.94. The summed E-state index contributed by atoms with van der Waals surface area (Å²) in [7, 11) is 0. The summed E-state index contributed by atoms with van der Waals surface area (Å²) in [6, 6.07) is 7.49. The summed E-state index contributed by atoms with van der Waals surface area (Å²) >= 11 is 0. The first-order chi connectivity index (χ1) is 5.77. The fraction of sp³-hybridized carbons (Fsp3) is 0.222. The molecule has 2 rings (SSSR count). The molecule has 1 aromatic carbocycles. The topological polar surface area (TPSA) is 52.0 Å². The van der Waals surface area contributed by atoms with Gasteiger partial charge in [-0.2, -0.15) is 0 Å². The highest BCUT2D eigenvalue weighted by atomic mass is 16.3. The van der Waals surface area contributed by atoms with Crippen molar-refractivity contribution in [1.82, 2.24) is 4.98 Å². The summed E-state index contributed by atoms with van der Waals surface area (Å²) in [6.45, 7) is 1.85. The maximum atomic E-state index is 5.62. The normalized spacial score (nSPS) is 13.5. The number of benzene rings is 1. The molecule has 62 valence electrons. The fourth-order valence-electron chi connectivity index (χ4n) is 1.08. The van der Waals surface area contributed by atoms with Crippen molar-refractivity contribution in [2.24, 2.45) is 5.73 Å². The number of oxazole rings is 1. The Morgan fingerprint density at radius 3 is 2.83 bits per heavy atom. The van der Waals surface area contributed by atoms with E-state index in [0.717, 1.165) is 11.1 Å². The van der Waals surface area contributed by atoms with E-state index in [1.54, 1.807) is 0 Å². The quantitative estimate of drug-likeness (QED) is 0.696. The number of hydrogen-bond donors (Lipinski definition) is 1. The molecule has 0 aliphatic carbocycles. The van der Waals surface area contributed by atoms with Gasteiger partial charge in [0.05, 0.1) is 6.04 Å². The van der Waals surface area contributed by atoms with Gasteiger partial charge in [-0.25, -0.2) is 4.98 Å². The van der Waals surface area contributed by atoms with Gasteiger partial charge in [0, 0.05) is 0 Å². The van der Waals surface area contributed by atoms with Crippen molar-refractivity contribution in [2.75, 3.05) is 0 Å². The predicted molar refractivity (Wildman–Crippen MR) is 46.6 cm³/mol. The number of aromatic nitrogens is 1. The summed E-state index contributed by atoms with van der Waals surface area (Å²) in [5, 5.41) is 0. The van der Waals surface area contributed by atoms with Gasteiger partial charge in [-0.15, -0.1) is 0 Å². The van der Waals surface area contributed by atoms with Crippen molar-refractivity contribution in [3.05, 3.63) is 30.2 Å². The van der Waals surface area contributed by atoms with Crippen molar-refractivity contribution >= 4 is 11.1 Å². The van der Waals surface area contributed by atoms with E-state index in [1.807, 2.05) is 31.2 Å². The number of nitrogens with two attached hydrogens (primary N) is 1. The average molecular weight is 162 g/mol. The van der Waals surface area contributed by atoms with Crippen LogP contribution >= 0.6 is 0 Å². The maximum absolute atomic E-state index is 5.62. The maximum Gasteiger partial charge on any atom is 0.212 e. The molecule has 12 heavy (non-hydrogen) atoms. The Balaban J connectivity index is 2.62. The molecular weight excluding hydrogens is 152 g/mol. The zero-order chi connectivity index (χ0) is 8.55. The SMILES string of the molecule is C[C@H](N)c1nc2ccccc2o1. The Hall–Kier alpha value is -1.35. The molecule has 1 atom stereocenters. The van der Waals surface area contributed by atoms with Crippen LogP contribution in [0.25, 0.3) is 11.1 Å². The molecule has 0 saturated carbocycles. The van der Waals surface area contributed by atoms with Crippen LogP contribution in [0.4, 0.5) is 0 Å². The highest BCUT2D eigenvalue weighted by Gasteiger charge is 2.07. The van der Waals surface area contributed by atoms with Crippen LogP contribution in [0.5, 0.6) is 0 Å². The number of fused-ring (bicyclic) bond motifs is 1. The zero-order valence-electron chi connectivity index (χ0n) is 6.82. The zero-order valence-corrected chi connectivity index (χ0v) is 6.82. The lowest BCUT2D eigenvalue weighted by atomic mass is 10.3. The molecule has 0 unspecified atom stereocenters. The monoisotopic (exact) mass is 162 g/mol. The molecule has 0 radical (unpaired) electrons. The molecule has 1 aromatic heterocycles. The van der Waals surface area contributed by atoms with Gasteiger partial charge in [-0.3, -0.25) is 0 Å². The van der Waals surface area contributed by atoms with Crippen LogP contribution in [-0.4, -0.2) is 4.98 Å². The van der Waals surface area contributed by atoms with Crippen LogP contribution in [0.1, 0.15) is 18.9 Å². The van der Waals surface area contributed by atoms with Gasteiger partial charge in [0.1, 0.15) is 5.52 Å². The third-order valence-corrected chi connectivity index (χ3v) is 1.70. The van der Waals surface area contributed by atoms with E-state index in [9.17, 15) is 0 Å². The molecule has 2 aromatic rings. The summed E-state index contributed by atoms with van der Waals surface area (Å²) in [5.41, 5.74) is 7.28. The first-order valence-electron chi connectivity index (χ1n) is 3.88. The van der Waals surface area contributed by atoms with Gasteiger partial charge in [0.2, 0.25) is 5.89 Å². The Labute approximate surface area is 70.2 Å². The Kier molecular flexibility index (Phi) is 1.59. The van der Waals surface area contributed by atoms with Gasteiger partial charge in [-0.05, 0) is 19.1 Å². The minimum atomic E-state index is -0.141. The van der Waals surface area contributed by atoms with E-state index in [1.165, 1.54) is 0 Å². The Morgan fingerprint density at radius 2 is 2.17 bits per heavy atom. The highest BCUT2D eigenvalue weighted by Crippen LogP contribution is 2.17. The predicted octanol–water partition coefficient (Wildman–Crippen LogP) is 1.85. The van der Waals surface area contributed by atoms with Crippen LogP contribution in [0.15, 0.2) is 28.7 Å². The second-order valence-electron chi connectivity index (χ2n) is 2.81. The van der Waals surface area contributed by atoms with E-state index in [2.05, 4.69) is 4.98 Å². The van der Waals surface area contributed by atoms with Crippen LogP contribution in [0.2, 0.25) is 0 Å². The molecule has 0 spiro atoms. The third kappa shape index (κ3) is 1.08. The smallest absolute Gasteiger partial charge is 0.212 e. The largest absolute Gasteiger partial charge is 0.439 e. The van der Waals surface area contributed by atoms with Crippen molar-refractivity contribution in [3.63, 3.8) is 0 Å². The second kappa shape index (κ2) is 2.60. The van der Waals surface area contributed by atoms with E-state index >= 15 is 0 Å².